The maximum absolute atomic E-state index is 14.1. The second-order valence-electron chi connectivity index (χ2n) is 9.00. The third-order valence-electron chi connectivity index (χ3n) is 5.84. The highest BCUT2D eigenvalue weighted by molar-refractivity contribution is 6.05. The number of nitriles is 1. The quantitative estimate of drug-likeness (QED) is 0.455. The van der Waals surface area contributed by atoms with Crippen LogP contribution in [-0.2, 0) is 4.79 Å². The van der Waals surface area contributed by atoms with Crippen molar-refractivity contribution in [3.8, 4) is 6.07 Å². The Hall–Kier alpha value is -3.12. The molecule has 5 nitrogen and oxygen atoms in total. The Bertz CT molecular complexity index is 1240. The molecule has 1 saturated carbocycles. The van der Waals surface area contributed by atoms with Crippen molar-refractivity contribution in [1.82, 2.24) is 10.6 Å². The number of carbonyl (C=O) groups is 1. The average Bonchev–Trinajstić information content (AvgIpc) is 3.41. The summed E-state index contributed by atoms with van der Waals surface area (Å²) in [5, 5.41) is 15.5. The smallest absolute Gasteiger partial charge is 0.407 e. The Kier molecular flexibility index (Phi) is 5.83. The number of alkyl halides is 3. The van der Waals surface area contributed by atoms with Gasteiger partial charge in [0.25, 0.3) is 0 Å². The van der Waals surface area contributed by atoms with Crippen molar-refractivity contribution < 1.29 is 26.8 Å². The minimum Gasteiger partial charge on any atom is -0.456 e. The van der Waals surface area contributed by atoms with E-state index in [9.17, 15) is 27.6 Å². The molecule has 1 heterocycles. The molecule has 1 aliphatic carbocycles. The van der Waals surface area contributed by atoms with Crippen molar-refractivity contribution in [3.63, 3.8) is 0 Å². The highest BCUT2D eigenvalue weighted by Crippen LogP contribution is 2.38. The molecule has 0 spiro atoms. The first-order chi connectivity index (χ1) is 15.5. The van der Waals surface area contributed by atoms with Gasteiger partial charge in [0.15, 0.2) is 0 Å². The first-order valence-electron chi connectivity index (χ1n) is 10.7. The molecule has 2 N–H and O–H groups in total. The zero-order chi connectivity index (χ0) is 24.0. The maximum Gasteiger partial charge on any atom is 0.407 e. The molecule has 0 saturated heterocycles. The fourth-order valence-electron chi connectivity index (χ4n) is 3.96. The summed E-state index contributed by atoms with van der Waals surface area (Å²) in [6.07, 6.45) is -3.58. The van der Waals surface area contributed by atoms with Crippen molar-refractivity contribution in [2.75, 3.05) is 0 Å². The standard InChI is InChI=1S/C24H23F4N3O2/c1-13(2)9-18(22(32)31-23(12-29)7-8-23)30-21(24(26,27)28)14-3-5-16-17-6-4-15(25)11-20(17)33-19(16)10-14/h3-6,10-11,13,18,21,30H,7-9H2,1-2H3,(H,31,32). The van der Waals surface area contributed by atoms with Gasteiger partial charge in [0.05, 0.1) is 12.1 Å². The summed E-state index contributed by atoms with van der Waals surface area (Å²) < 4.78 is 61.5. The molecule has 33 heavy (non-hydrogen) atoms. The lowest BCUT2D eigenvalue weighted by molar-refractivity contribution is -0.161. The van der Waals surface area contributed by atoms with Gasteiger partial charge in [-0.2, -0.15) is 18.4 Å². The summed E-state index contributed by atoms with van der Waals surface area (Å²) in [7, 11) is 0. The SMILES string of the molecule is CC(C)CC(NC(c1ccc2c(c1)oc1cc(F)ccc12)C(F)(F)F)C(=O)NC1(C#N)CC1. The Balaban J connectivity index is 1.67. The number of nitrogens with one attached hydrogen (secondary N) is 2. The van der Waals surface area contributed by atoms with Crippen LogP contribution in [0.2, 0.25) is 0 Å². The summed E-state index contributed by atoms with van der Waals surface area (Å²) in [6.45, 7) is 3.61. The highest BCUT2D eigenvalue weighted by Gasteiger charge is 2.47. The Labute approximate surface area is 187 Å². The van der Waals surface area contributed by atoms with Gasteiger partial charge in [0.2, 0.25) is 5.91 Å². The molecule has 0 bridgehead atoms. The molecule has 9 heteroatoms. The van der Waals surface area contributed by atoms with Crippen molar-refractivity contribution in [2.45, 2.75) is 56.9 Å². The topological polar surface area (TPSA) is 78.1 Å². The minimum atomic E-state index is -4.70. The van der Waals surface area contributed by atoms with Gasteiger partial charge < -0.3 is 9.73 Å². The Morgan fingerprint density at radius 2 is 1.79 bits per heavy atom. The van der Waals surface area contributed by atoms with Crippen LogP contribution in [0.15, 0.2) is 40.8 Å². The van der Waals surface area contributed by atoms with Crippen molar-refractivity contribution in [2.24, 2.45) is 5.92 Å². The van der Waals surface area contributed by atoms with E-state index in [1.807, 2.05) is 6.07 Å². The van der Waals surface area contributed by atoms with Crippen LogP contribution >= 0.6 is 0 Å². The number of amides is 1. The third-order valence-corrected chi connectivity index (χ3v) is 5.84. The first-order valence-corrected chi connectivity index (χ1v) is 10.7. The second-order valence-corrected chi connectivity index (χ2v) is 9.00. The molecule has 1 aliphatic rings. The molecular weight excluding hydrogens is 438 g/mol. The molecule has 174 valence electrons. The molecular formula is C24H23F4N3O2. The number of fused-ring (bicyclic) bond motifs is 3. The molecule has 2 aromatic carbocycles. The number of halogens is 4. The van der Waals surface area contributed by atoms with Gasteiger partial charge in [-0.3, -0.25) is 10.1 Å². The second kappa shape index (κ2) is 8.34. The van der Waals surface area contributed by atoms with Crippen LogP contribution in [0.1, 0.15) is 44.7 Å². The predicted molar refractivity (Wildman–Crippen MR) is 115 cm³/mol. The molecule has 1 amide bonds. The van der Waals surface area contributed by atoms with E-state index in [2.05, 4.69) is 10.6 Å². The van der Waals surface area contributed by atoms with E-state index in [4.69, 9.17) is 4.42 Å². The molecule has 0 aliphatic heterocycles. The first kappa shape index (κ1) is 23.1. The number of nitrogens with zero attached hydrogens (tertiary/aromatic N) is 1. The van der Waals surface area contributed by atoms with Gasteiger partial charge in [0, 0.05) is 16.8 Å². The predicted octanol–water partition coefficient (Wildman–Crippen LogP) is 5.51. The van der Waals surface area contributed by atoms with E-state index < -0.39 is 35.5 Å². The molecule has 2 atom stereocenters. The summed E-state index contributed by atoms with van der Waals surface area (Å²) >= 11 is 0. The van der Waals surface area contributed by atoms with Gasteiger partial charge in [-0.05, 0) is 48.9 Å². The maximum atomic E-state index is 14.1. The zero-order valence-corrected chi connectivity index (χ0v) is 18.1. The zero-order valence-electron chi connectivity index (χ0n) is 18.1. The van der Waals surface area contributed by atoms with E-state index in [-0.39, 0.29) is 29.1 Å². The number of carbonyl (C=O) groups excluding carboxylic acids is 1. The van der Waals surface area contributed by atoms with Crippen LogP contribution in [0.3, 0.4) is 0 Å². The van der Waals surface area contributed by atoms with Crippen LogP contribution in [0.4, 0.5) is 17.6 Å². The largest absolute Gasteiger partial charge is 0.456 e. The lowest BCUT2D eigenvalue weighted by Gasteiger charge is -2.29. The average molecular weight is 461 g/mol. The van der Waals surface area contributed by atoms with Crippen LogP contribution in [0.5, 0.6) is 0 Å². The summed E-state index contributed by atoms with van der Waals surface area (Å²) in [5.41, 5.74) is -0.681. The normalized spacial score (nSPS) is 17.2. The minimum absolute atomic E-state index is 0.0629. The number of benzene rings is 2. The number of hydrogen-bond donors (Lipinski definition) is 2. The summed E-state index contributed by atoms with van der Waals surface area (Å²) in [5.74, 6) is -1.20. The van der Waals surface area contributed by atoms with Crippen molar-refractivity contribution >= 4 is 27.8 Å². The van der Waals surface area contributed by atoms with E-state index >= 15 is 0 Å². The van der Waals surface area contributed by atoms with E-state index in [1.54, 1.807) is 13.8 Å². The molecule has 1 fully saturated rings. The molecule has 2 unspecified atom stereocenters. The third kappa shape index (κ3) is 4.81. The lowest BCUT2D eigenvalue weighted by atomic mass is 9.98. The van der Waals surface area contributed by atoms with Gasteiger partial charge in [-0.15, -0.1) is 0 Å². The molecule has 1 aromatic heterocycles. The Morgan fingerprint density at radius 3 is 2.36 bits per heavy atom. The van der Waals surface area contributed by atoms with Crippen LogP contribution < -0.4 is 10.6 Å². The molecule has 4 rings (SSSR count). The highest BCUT2D eigenvalue weighted by atomic mass is 19.4. The van der Waals surface area contributed by atoms with Crippen LogP contribution in [0, 0.1) is 23.1 Å². The summed E-state index contributed by atoms with van der Waals surface area (Å²) in [4.78, 5) is 12.8. The van der Waals surface area contributed by atoms with Crippen LogP contribution in [0.25, 0.3) is 21.9 Å². The van der Waals surface area contributed by atoms with E-state index in [0.29, 0.717) is 23.6 Å². The summed E-state index contributed by atoms with van der Waals surface area (Å²) in [6, 6.07) is 6.78. The lowest BCUT2D eigenvalue weighted by Crippen LogP contribution is -2.52. The van der Waals surface area contributed by atoms with E-state index in [1.165, 1.54) is 36.4 Å². The molecule has 3 aromatic rings. The Morgan fingerprint density at radius 1 is 1.15 bits per heavy atom. The molecule has 0 radical (unpaired) electrons. The number of hydrogen-bond acceptors (Lipinski definition) is 4. The van der Waals surface area contributed by atoms with Crippen LogP contribution in [-0.4, -0.2) is 23.7 Å². The van der Waals surface area contributed by atoms with Crippen molar-refractivity contribution in [3.05, 3.63) is 47.8 Å². The monoisotopic (exact) mass is 461 g/mol. The fourth-order valence-corrected chi connectivity index (χ4v) is 3.96. The van der Waals surface area contributed by atoms with Crippen molar-refractivity contribution in [1.29, 1.82) is 5.26 Å². The van der Waals surface area contributed by atoms with Gasteiger partial charge >= 0.3 is 6.18 Å². The van der Waals surface area contributed by atoms with Gasteiger partial charge in [-0.25, -0.2) is 4.39 Å². The fraction of sp³-hybridized carbons (Fsp3) is 0.417. The van der Waals surface area contributed by atoms with Gasteiger partial charge in [-0.1, -0.05) is 26.0 Å². The van der Waals surface area contributed by atoms with Gasteiger partial charge in [0.1, 0.15) is 28.6 Å². The number of furan rings is 1. The van der Waals surface area contributed by atoms with E-state index in [0.717, 1.165) is 0 Å². The number of rotatable bonds is 7.